The fourth-order valence-electron chi connectivity index (χ4n) is 3.28. The third kappa shape index (κ3) is 12.1. The highest BCUT2D eigenvalue weighted by Gasteiger charge is 2.38. The second-order valence-corrected chi connectivity index (χ2v) is 12.0. The van der Waals surface area contributed by atoms with Gasteiger partial charge in [0, 0.05) is 12.8 Å². The summed E-state index contributed by atoms with van der Waals surface area (Å²) in [5, 5.41) is 9.98. The highest BCUT2D eigenvalue weighted by atomic mass is 16.8. The minimum Gasteiger partial charge on any atom is -0.480 e. The Labute approximate surface area is 248 Å². The fourth-order valence-corrected chi connectivity index (χ4v) is 3.28. The van der Waals surface area contributed by atoms with Crippen LogP contribution in [0.5, 0.6) is 11.5 Å². The van der Waals surface area contributed by atoms with Crippen LogP contribution >= 0.6 is 0 Å². The number of nitrogens with two attached hydrogens (primary N) is 1. The van der Waals surface area contributed by atoms with Crippen LogP contribution in [0.3, 0.4) is 0 Å². The van der Waals surface area contributed by atoms with E-state index in [2.05, 4.69) is 0 Å². The molecule has 0 amide bonds. The van der Waals surface area contributed by atoms with Gasteiger partial charge in [-0.25, -0.2) is 14.4 Å². The first-order valence-corrected chi connectivity index (χ1v) is 14.1. The van der Waals surface area contributed by atoms with Gasteiger partial charge in [-0.15, -0.1) is 0 Å². The summed E-state index contributed by atoms with van der Waals surface area (Å²) < 4.78 is 31.8. The van der Waals surface area contributed by atoms with Crippen molar-refractivity contribution in [3.8, 4) is 11.5 Å². The second-order valence-electron chi connectivity index (χ2n) is 12.0. The van der Waals surface area contributed by atoms with Crippen LogP contribution in [0.25, 0.3) is 0 Å². The van der Waals surface area contributed by atoms with E-state index in [1.165, 1.54) is 25.1 Å². The first-order chi connectivity index (χ1) is 19.2. The van der Waals surface area contributed by atoms with Crippen LogP contribution in [-0.4, -0.2) is 58.5 Å². The summed E-state index contributed by atoms with van der Waals surface area (Å²) in [5.74, 6) is -1.65. The van der Waals surface area contributed by atoms with Crippen molar-refractivity contribution in [1.82, 2.24) is 0 Å². The summed E-state index contributed by atoms with van der Waals surface area (Å²) in [6.45, 7) is 17.5. The van der Waals surface area contributed by atoms with E-state index < -0.39 is 53.4 Å². The first-order valence-electron chi connectivity index (χ1n) is 14.1. The Balaban J connectivity index is 3.25. The number of carbonyl (C=O) groups is 4. The van der Waals surface area contributed by atoms with Crippen molar-refractivity contribution in [3.63, 3.8) is 0 Å². The molecule has 1 aromatic carbocycles. The lowest BCUT2D eigenvalue weighted by Crippen LogP contribution is -2.52. The standard InChI is InChI=1S/C30H47NO11/c1-11-28(7,8)41-26(35)39-22-14-13-21(15-23(22)40-27(36)42-29(9,10)12-2)17-30(31,24(32)33)16-19(5)37-25(34)38-20(6)18(3)4/h13-15,18-20H,11-12,16-17,31H2,1-10H3,(H,32,33)/t19-,20?,30?/m0/s1. The summed E-state index contributed by atoms with van der Waals surface area (Å²) in [5.41, 5.74) is 3.09. The molecule has 0 saturated heterocycles. The lowest BCUT2D eigenvalue weighted by atomic mass is 9.86. The topological polar surface area (TPSA) is 170 Å². The van der Waals surface area contributed by atoms with Crippen molar-refractivity contribution in [1.29, 1.82) is 0 Å². The number of hydrogen-bond donors (Lipinski definition) is 2. The number of carboxylic acids is 1. The van der Waals surface area contributed by atoms with E-state index >= 15 is 0 Å². The summed E-state index contributed by atoms with van der Waals surface area (Å²) in [4.78, 5) is 49.4. The lowest BCUT2D eigenvalue weighted by molar-refractivity contribution is -0.144. The molecule has 3 atom stereocenters. The summed E-state index contributed by atoms with van der Waals surface area (Å²) in [7, 11) is 0. The maximum Gasteiger partial charge on any atom is 0.514 e. The zero-order chi connectivity index (χ0) is 32.5. The van der Waals surface area contributed by atoms with Crippen LogP contribution in [0.4, 0.5) is 14.4 Å². The molecule has 0 saturated carbocycles. The maximum absolute atomic E-state index is 12.6. The number of aliphatic carboxylic acids is 1. The predicted molar refractivity (Wildman–Crippen MR) is 154 cm³/mol. The number of carboxylic acid groups (broad SMARTS) is 1. The quantitative estimate of drug-likeness (QED) is 0.138. The Morgan fingerprint density at radius 1 is 0.810 bits per heavy atom. The van der Waals surface area contributed by atoms with Crippen LogP contribution in [0, 0.1) is 5.92 Å². The van der Waals surface area contributed by atoms with Gasteiger partial charge in [0.1, 0.15) is 28.9 Å². The summed E-state index contributed by atoms with van der Waals surface area (Å²) in [6, 6.07) is 4.12. The molecular formula is C30H47NO11. The van der Waals surface area contributed by atoms with E-state index in [4.69, 9.17) is 34.2 Å². The molecule has 1 aromatic rings. The van der Waals surface area contributed by atoms with Gasteiger partial charge in [0.2, 0.25) is 0 Å². The van der Waals surface area contributed by atoms with E-state index in [9.17, 15) is 24.3 Å². The molecule has 2 unspecified atom stereocenters. The average Bonchev–Trinajstić information content (AvgIpc) is 2.84. The predicted octanol–water partition coefficient (Wildman–Crippen LogP) is 6.40. The van der Waals surface area contributed by atoms with Crippen molar-refractivity contribution in [3.05, 3.63) is 23.8 Å². The SMILES string of the molecule is CCC(C)(C)OC(=O)Oc1ccc(CC(N)(C[C@H](C)OC(=O)OC(C)C(C)C)C(=O)O)cc1OC(=O)OC(C)(C)CC. The monoisotopic (exact) mass is 597 g/mol. The van der Waals surface area contributed by atoms with Gasteiger partial charge in [-0.1, -0.05) is 33.8 Å². The van der Waals surface area contributed by atoms with Gasteiger partial charge in [-0.3, -0.25) is 4.79 Å². The van der Waals surface area contributed by atoms with Crippen LogP contribution in [-0.2, 0) is 30.2 Å². The Bertz CT molecular complexity index is 1100. The van der Waals surface area contributed by atoms with Crippen LogP contribution < -0.4 is 15.2 Å². The fraction of sp³-hybridized carbons (Fsp3) is 0.667. The average molecular weight is 598 g/mol. The molecule has 1 rings (SSSR count). The molecular weight excluding hydrogens is 550 g/mol. The third-order valence-electron chi connectivity index (χ3n) is 6.93. The van der Waals surface area contributed by atoms with E-state index in [1.54, 1.807) is 34.6 Å². The Hall–Kier alpha value is -3.54. The van der Waals surface area contributed by atoms with Crippen LogP contribution in [0.15, 0.2) is 18.2 Å². The molecule has 0 aromatic heterocycles. The molecule has 12 heteroatoms. The zero-order valence-electron chi connectivity index (χ0n) is 26.4. The van der Waals surface area contributed by atoms with Crippen molar-refractivity contribution >= 4 is 24.4 Å². The van der Waals surface area contributed by atoms with Crippen molar-refractivity contribution in [2.75, 3.05) is 0 Å². The van der Waals surface area contributed by atoms with Gasteiger partial charge in [-0.05, 0) is 78.0 Å². The molecule has 0 aliphatic heterocycles. The molecule has 0 aliphatic carbocycles. The number of rotatable bonds is 14. The van der Waals surface area contributed by atoms with Crippen LogP contribution in [0.1, 0.15) is 94.1 Å². The number of ether oxygens (including phenoxy) is 6. The highest BCUT2D eigenvalue weighted by Crippen LogP contribution is 2.32. The first kappa shape index (κ1) is 36.5. The van der Waals surface area contributed by atoms with Gasteiger partial charge >= 0.3 is 24.4 Å². The maximum atomic E-state index is 12.6. The summed E-state index contributed by atoms with van der Waals surface area (Å²) >= 11 is 0. The van der Waals surface area contributed by atoms with Crippen LogP contribution in [0.2, 0.25) is 0 Å². The highest BCUT2D eigenvalue weighted by molar-refractivity contribution is 5.79. The van der Waals surface area contributed by atoms with Gasteiger partial charge in [0.15, 0.2) is 11.5 Å². The normalized spacial score (nSPS) is 14.7. The minimum absolute atomic E-state index is 0.0640. The van der Waals surface area contributed by atoms with E-state index in [0.717, 1.165) is 0 Å². The van der Waals surface area contributed by atoms with Crippen molar-refractivity contribution in [2.45, 2.75) is 124 Å². The second kappa shape index (κ2) is 15.1. The molecule has 0 heterocycles. The van der Waals surface area contributed by atoms with Gasteiger partial charge in [0.25, 0.3) is 0 Å². The number of carbonyl (C=O) groups excluding carboxylic acids is 3. The van der Waals surface area contributed by atoms with E-state index in [1.807, 2.05) is 27.7 Å². The van der Waals surface area contributed by atoms with Gasteiger partial charge in [-0.2, -0.15) is 0 Å². The minimum atomic E-state index is -1.89. The van der Waals surface area contributed by atoms with E-state index in [0.29, 0.717) is 18.4 Å². The van der Waals surface area contributed by atoms with Gasteiger partial charge < -0.3 is 39.3 Å². The lowest BCUT2D eigenvalue weighted by Gasteiger charge is -2.28. The molecule has 12 nitrogen and oxygen atoms in total. The molecule has 238 valence electrons. The van der Waals surface area contributed by atoms with Gasteiger partial charge in [0.05, 0.1) is 0 Å². The smallest absolute Gasteiger partial charge is 0.480 e. The molecule has 0 fully saturated rings. The molecule has 0 spiro atoms. The zero-order valence-corrected chi connectivity index (χ0v) is 26.4. The number of benzene rings is 1. The van der Waals surface area contributed by atoms with Crippen molar-refractivity contribution < 1.29 is 52.7 Å². The Kier molecular flexibility index (Phi) is 13.1. The van der Waals surface area contributed by atoms with E-state index in [-0.39, 0.29) is 30.3 Å². The third-order valence-corrected chi connectivity index (χ3v) is 6.93. The van der Waals surface area contributed by atoms with Crippen molar-refractivity contribution in [2.24, 2.45) is 11.7 Å². The Morgan fingerprint density at radius 2 is 1.31 bits per heavy atom. The Morgan fingerprint density at radius 3 is 1.76 bits per heavy atom. The molecule has 0 radical (unpaired) electrons. The molecule has 0 aliphatic rings. The molecule has 3 N–H and O–H groups in total. The molecule has 42 heavy (non-hydrogen) atoms. The summed E-state index contributed by atoms with van der Waals surface area (Å²) in [6.07, 6.45) is -3.80. The number of hydrogen-bond acceptors (Lipinski definition) is 11. The molecule has 0 bridgehead atoms. The largest absolute Gasteiger partial charge is 0.514 e.